The fourth-order valence-electron chi connectivity index (χ4n) is 17.8. The van der Waals surface area contributed by atoms with Crippen LogP contribution in [0.25, 0.3) is 0 Å². The van der Waals surface area contributed by atoms with E-state index in [4.69, 9.17) is 85.3 Å². The van der Waals surface area contributed by atoms with Crippen molar-refractivity contribution in [3.05, 3.63) is 215 Å². The molecule has 692 valence electrons. The molecule has 30 aliphatic rings. The fraction of sp³-hybridized carbons (Fsp3) is 0.581. The third-order valence-electron chi connectivity index (χ3n) is 24.5. The third-order valence-corrected chi connectivity index (χ3v) is 24.5. The Kier molecular flexibility index (Phi) is 30.9. The van der Waals surface area contributed by atoms with Crippen LogP contribution in [-0.2, 0) is 96.5 Å². The topological polar surface area (TPSA) is 611 Å². The molecule has 16 bridgehead atoms. The first-order valence-electron chi connectivity index (χ1n) is 41.5. The SMILES string of the molecule is OC[C@H]1O[C@@H]2O[C@H]3[C@H](O)[C@@H](O)[C@@H](O[C@H]4[C@H](O)[C@@H](O)[C@@H](O[C@H]5[C@H](O)[C@@H](O)[C@@H](O[C@H]6[C@@H](O)[C@H](O)[C@@H](O[C@H]7[C@@H](O)[C@H](O)[C@@H](O[C@H]8[C@@H](O)[C@@H](O)[C@@H](O[C@H]9[C@@H](O)[C@H](O)[C@@H](O[C@H]1[C@H](O)[C@H]2O)O[C@@H]9CO)O[C@@H]8COC(c1ccccc1)(c1ccccc1)c1ccccc1)O[C@@H]7CO)O[C@@H]6CO)O[C@@H]5CO)O[C@@H]4CO)O[C@@H]3COC(c1ccccc1)(c1ccccc1)c1ccccc1. The number of ether oxygens (including phenoxy) is 18. The first-order chi connectivity index (χ1) is 60.8. The molecule has 126 heavy (non-hydrogen) atoms. The molecule has 30 fully saturated rings. The van der Waals surface area contributed by atoms with Crippen molar-refractivity contribution in [2.45, 2.75) is 257 Å². The van der Waals surface area contributed by atoms with Gasteiger partial charge in [0, 0.05) is 0 Å². The zero-order chi connectivity index (χ0) is 89.2. The molecule has 0 aromatic heterocycles. The van der Waals surface area contributed by atoms with E-state index in [2.05, 4.69) is 0 Å². The van der Waals surface area contributed by atoms with Gasteiger partial charge in [-0.25, -0.2) is 0 Å². The zero-order valence-corrected chi connectivity index (χ0v) is 67.3. The Morgan fingerprint density at radius 2 is 0.302 bits per heavy atom. The molecular weight excluding hydrogens is 1670 g/mol. The molecule has 0 saturated carbocycles. The number of hydrogen-bond donors (Lipinski definition) is 22. The number of aliphatic hydroxyl groups excluding tert-OH is 22. The van der Waals surface area contributed by atoms with Crippen LogP contribution in [-0.4, -0.2) is 411 Å². The van der Waals surface area contributed by atoms with Gasteiger partial charge in [-0.2, -0.15) is 0 Å². The van der Waals surface area contributed by atoms with E-state index >= 15 is 0 Å². The third kappa shape index (κ3) is 18.6. The maximum absolute atomic E-state index is 12.6. The molecule has 36 rings (SSSR count). The van der Waals surface area contributed by atoms with Gasteiger partial charge in [-0.15, -0.1) is 0 Å². The Morgan fingerprint density at radius 3 is 0.437 bits per heavy atom. The van der Waals surface area contributed by atoms with Crippen molar-refractivity contribution >= 4 is 0 Å². The molecule has 30 heterocycles. The van der Waals surface area contributed by atoms with Crippen molar-refractivity contribution in [1.29, 1.82) is 0 Å². The molecule has 0 amide bonds. The number of aliphatic hydroxyl groups is 22. The standard InChI is InChI=1S/C86H108O40/c87-31-45-69-54(94)62(102)78(112-45)121-71-47(33-89)115-81(65(105)57(71)97)125-75-51(37-109-85(39-19-7-1-8-20-39,40-21-9-2-10-22-40)41-23-11-3-12-24-41)118-84(68(108)60(75)100)124-74-50(36-92)114-80(64(104)56(74)96)122-72-48(34-90)116-82(66(106)58(72)98)126-76-52(38-110-86(42-25-13-4-14-26-42,43-27-15-5-16-28-43)44-29-17-6-18-30-44)117-83(67(107)59(76)99)123-73-49(35-91)113-79(63(103)55(73)95)120-70-46(32-88)111-77(119-69)61(101)53(70)93/h1-30,45-84,87-108H,31-38H2/t45-,46-,47-,48-,49-,50-,51-,52-,53-,54+,55-,56+,57+,58-,59-,60+,61-,62+,63-,64+,65+,66-,67-,68-,69-,70-,71-,72-,73-,74-,75-,76-,77-,78-,79-,80-,81-,82-,83-,84-/m1/s1. The highest BCUT2D eigenvalue weighted by atomic mass is 16.8. The molecule has 0 unspecified atom stereocenters. The lowest BCUT2D eigenvalue weighted by atomic mass is 9.80. The van der Waals surface area contributed by atoms with Gasteiger partial charge >= 0.3 is 0 Å². The van der Waals surface area contributed by atoms with Gasteiger partial charge < -0.3 is 198 Å². The molecule has 0 radical (unpaired) electrons. The van der Waals surface area contributed by atoms with Crippen LogP contribution in [0.15, 0.2) is 182 Å². The second-order valence-electron chi connectivity index (χ2n) is 32.3. The van der Waals surface area contributed by atoms with E-state index in [1.165, 1.54) is 0 Å². The molecular formula is C86H108O40. The Morgan fingerprint density at radius 1 is 0.175 bits per heavy atom. The summed E-state index contributed by atoms with van der Waals surface area (Å²) in [5, 5.41) is 260. The van der Waals surface area contributed by atoms with Crippen molar-refractivity contribution in [2.75, 3.05) is 52.9 Å². The minimum Gasteiger partial charge on any atom is -0.394 e. The number of benzene rings is 6. The van der Waals surface area contributed by atoms with Crippen LogP contribution in [0.5, 0.6) is 0 Å². The second-order valence-corrected chi connectivity index (χ2v) is 32.3. The monoisotopic (exact) mass is 1780 g/mol. The largest absolute Gasteiger partial charge is 0.394 e. The lowest BCUT2D eigenvalue weighted by molar-refractivity contribution is -0.404. The van der Waals surface area contributed by atoms with Crippen LogP contribution in [0.4, 0.5) is 0 Å². The highest BCUT2D eigenvalue weighted by Gasteiger charge is 2.62. The molecule has 22 N–H and O–H groups in total. The van der Waals surface area contributed by atoms with Gasteiger partial charge in [-0.3, -0.25) is 0 Å². The summed E-state index contributed by atoms with van der Waals surface area (Å²) in [6.07, 6.45) is -84.1. The van der Waals surface area contributed by atoms with Crippen molar-refractivity contribution < 1.29 is 198 Å². The molecule has 30 saturated heterocycles. The average Bonchev–Trinajstić information content (AvgIpc) is 0.752. The number of hydrogen-bond acceptors (Lipinski definition) is 40. The van der Waals surface area contributed by atoms with Gasteiger partial charge in [0.2, 0.25) is 0 Å². The normalized spacial score (nSPS) is 42.3. The second kappa shape index (κ2) is 41.2. The molecule has 30 aliphatic heterocycles. The lowest BCUT2D eigenvalue weighted by Gasteiger charge is -2.51. The van der Waals surface area contributed by atoms with E-state index in [-0.39, 0.29) is 0 Å². The first-order valence-corrected chi connectivity index (χ1v) is 41.5. The minimum atomic E-state index is -2.32. The molecule has 0 spiro atoms. The highest BCUT2D eigenvalue weighted by Crippen LogP contribution is 2.47. The molecule has 6 aromatic carbocycles. The van der Waals surface area contributed by atoms with E-state index in [1.807, 2.05) is 0 Å². The van der Waals surface area contributed by atoms with Gasteiger partial charge in [0.15, 0.2) is 50.3 Å². The van der Waals surface area contributed by atoms with E-state index < -0.39 is 310 Å². The van der Waals surface area contributed by atoms with Gasteiger partial charge in [0.05, 0.1) is 52.9 Å². The van der Waals surface area contributed by atoms with E-state index in [0.717, 1.165) is 0 Å². The summed E-state index contributed by atoms with van der Waals surface area (Å²) in [7, 11) is 0. The molecule has 6 aromatic rings. The Hall–Kier alpha value is -6.28. The Balaban J connectivity index is 0.762. The van der Waals surface area contributed by atoms with Crippen molar-refractivity contribution in [3.8, 4) is 0 Å². The van der Waals surface area contributed by atoms with E-state index in [0.29, 0.717) is 33.4 Å². The van der Waals surface area contributed by atoms with Crippen molar-refractivity contribution in [1.82, 2.24) is 0 Å². The summed E-state index contributed by atoms with van der Waals surface area (Å²) in [6.45, 7) is -8.02. The summed E-state index contributed by atoms with van der Waals surface area (Å²) < 4.78 is 112. The van der Waals surface area contributed by atoms with Gasteiger partial charge in [-0.05, 0) is 33.4 Å². The smallest absolute Gasteiger partial charge is 0.187 e. The molecule has 40 heteroatoms. The lowest BCUT2D eigenvalue weighted by Crippen LogP contribution is -2.69. The van der Waals surface area contributed by atoms with Crippen LogP contribution >= 0.6 is 0 Å². The van der Waals surface area contributed by atoms with Crippen molar-refractivity contribution in [3.63, 3.8) is 0 Å². The molecule has 0 aliphatic carbocycles. The summed E-state index contributed by atoms with van der Waals surface area (Å²) in [5.41, 5.74) is 0.0442. The summed E-state index contributed by atoms with van der Waals surface area (Å²) in [6, 6.07) is 53.0. The quantitative estimate of drug-likeness (QED) is 0.0356. The van der Waals surface area contributed by atoms with Gasteiger partial charge in [-0.1, -0.05) is 182 Å². The summed E-state index contributed by atoms with van der Waals surface area (Å²) >= 11 is 0. The van der Waals surface area contributed by atoms with Gasteiger partial charge in [0.1, 0.15) is 207 Å². The Labute approximate surface area is 719 Å². The van der Waals surface area contributed by atoms with Crippen LogP contribution in [0.1, 0.15) is 33.4 Å². The maximum Gasteiger partial charge on any atom is 0.187 e. The molecule has 40 nitrogen and oxygen atoms in total. The first kappa shape index (κ1) is 94.4. The summed E-state index contributed by atoms with van der Waals surface area (Å²) in [4.78, 5) is 0. The average molecular weight is 1780 g/mol. The van der Waals surface area contributed by atoms with Crippen LogP contribution < -0.4 is 0 Å². The Bertz CT molecular complexity index is 3970. The maximum atomic E-state index is 12.6. The highest BCUT2D eigenvalue weighted by molar-refractivity contribution is 5.49. The van der Waals surface area contributed by atoms with Crippen molar-refractivity contribution in [2.24, 2.45) is 0 Å². The zero-order valence-electron chi connectivity index (χ0n) is 67.3. The van der Waals surface area contributed by atoms with E-state index in [1.54, 1.807) is 182 Å². The molecule has 40 atom stereocenters. The van der Waals surface area contributed by atoms with Crippen LogP contribution in [0, 0.1) is 0 Å². The summed E-state index contributed by atoms with van der Waals surface area (Å²) in [5.74, 6) is 0. The predicted octanol–water partition coefficient (Wildman–Crippen LogP) is -7.37. The minimum absolute atomic E-state index is 0.539. The predicted molar refractivity (Wildman–Crippen MR) is 417 cm³/mol. The van der Waals surface area contributed by atoms with Gasteiger partial charge in [0.25, 0.3) is 0 Å². The fourth-order valence-corrected chi connectivity index (χ4v) is 17.8. The number of rotatable bonds is 18. The van der Waals surface area contributed by atoms with Crippen LogP contribution in [0.2, 0.25) is 0 Å². The van der Waals surface area contributed by atoms with Crippen LogP contribution in [0.3, 0.4) is 0 Å². The van der Waals surface area contributed by atoms with E-state index in [9.17, 15) is 112 Å².